The first kappa shape index (κ1) is 17.8. The quantitative estimate of drug-likeness (QED) is 0.369. The molecule has 0 unspecified atom stereocenters. The van der Waals surface area contributed by atoms with Crippen LogP contribution < -0.4 is 10.9 Å². The van der Waals surface area contributed by atoms with E-state index in [2.05, 4.69) is 21.1 Å². The highest BCUT2D eigenvalue weighted by Gasteiger charge is 2.02. The number of nitrogens with zero attached hydrogens (tertiary/aromatic N) is 3. The largest absolute Gasteiger partial charge is 0.279 e. The molecule has 134 valence electrons. The van der Waals surface area contributed by atoms with Gasteiger partial charge in [0.1, 0.15) is 0 Å². The van der Waals surface area contributed by atoms with Gasteiger partial charge in [-0.2, -0.15) is 10.2 Å². The highest BCUT2D eigenvalue weighted by Crippen LogP contribution is 2.15. The summed E-state index contributed by atoms with van der Waals surface area (Å²) in [4.78, 5) is 10.2. The van der Waals surface area contributed by atoms with E-state index in [-0.39, 0.29) is 5.69 Å². The fourth-order valence-corrected chi connectivity index (χ4v) is 2.20. The van der Waals surface area contributed by atoms with Crippen LogP contribution in [-0.4, -0.2) is 17.4 Å². The molecule has 2 N–H and O–H groups in total. The van der Waals surface area contributed by atoms with Gasteiger partial charge in [-0.3, -0.25) is 21.0 Å². The monoisotopic (exact) mass is 359 g/mol. The van der Waals surface area contributed by atoms with Crippen molar-refractivity contribution in [1.82, 2.24) is 0 Å². The molecule has 0 bridgehead atoms. The minimum Gasteiger partial charge on any atom is -0.279 e. The molecule has 7 nitrogen and oxygen atoms in total. The van der Waals surface area contributed by atoms with Crippen molar-refractivity contribution in [2.45, 2.75) is 0 Å². The molecule has 0 saturated carbocycles. The molecule has 0 amide bonds. The van der Waals surface area contributed by atoms with E-state index in [4.69, 9.17) is 0 Å². The fraction of sp³-hybridized carbons (Fsp3) is 0. The Labute approximate surface area is 156 Å². The summed E-state index contributed by atoms with van der Waals surface area (Å²) in [5.41, 5.74) is 9.32. The lowest BCUT2D eigenvalue weighted by atomic mass is 10.2. The van der Waals surface area contributed by atoms with Gasteiger partial charge in [0, 0.05) is 12.1 Å². The number of nitro benzene ring substituents is 1. The van der Waals surface area contributed by atoms with Crippen molar-refractivity contribution in [3.05, 3.63) is 100 Å². The smallest absolute Gasteiger partial charge is 0.269 e. The van der Waals surface area contributed by atoms with Gasteiger partial charge < -0.3 is 0 Å². The molecule has 27 heavy (non-hydrogen) atoms. The molecule has 3 rings (SSSR count). The number of benzene rings is 3. The number of para-hydroxylation sites is 1. The molecule has 0 radical (unpaired) electrons. The van der Waals surface area contributed by atoms with Crippen LogP contribution in [0.3, 0.4) is 0 Å². The van der Waals surface area contributed by atoms with Crippen LogP contribution in [0.2, 0.25) is 0 Å². The van der Waals surface area contributed by atoms with Crippen molar-refractivity contribution in [3.63, 3.8) is 0 Å². The van der Waals surface area contributed by atoms with Crippen molar-refractivity contribution in [2.75, 3.05) is 10.9 Å². The van der Waals surface area contributed by atoms with Gasteiger partial charge in [0.25, 0.3) is 5.69 Å². The van der Waals surface area contributed by atoms with Crippen LogP contribution in [0.4, 0.5) is 17.1 Å². The highest BCUT2D eigenvalue weighted by atomic mass is 16.6. The second-order valence-corrected chi connectivity index (χ2v) is 5.58. The first-order valence-corrected chi connectivity index (χ1v) is 8.18. The van der Waals surface area contributed by atoms with Crippen molar-refractivity contribution < 1.29 is 4.92 Å². The van der Waals surface area contributed by atoms with Gasteiger partial charge >= 0.3 is 0 Å². The zero-order chi connectivity index (χ0) is 18.9. The maximum Gasteiger partial charge on any atom is 0.269 e. The molecule has 0 fully saturated rings. The Morgan fingerprint density at radius 1 is 0.704 bits per heavy atom. The van der Waals surface area contributed by atoms with Crippen LogP contribution in [0, 0.1) is 10.1 Å². The summed E-state index contributed by atoms with van der Waals surface area (Å²) in [6, 6.07) is 23.5. The summed E-state index contributed by atoms with van der Waals surface area (Å²) in [6.07, 6.45) is 3.41. The molecule has 0 saturated heterocycles. The van der Waals surface area contributed by atoms with Crippen LogP contribution in [-0.2, 0) is 0 Å². The normalized spacial score (nSPS) is 11.0. The van der Waals surface area contributed by atoms with Crippen molar-refractivity contribution in [3.8, 4) is 0 Å². The van der Waals surface area contributed by atoms with E-state index in [9.17, 15) is 10.1 Å². The maximum atomic E-state index is 10.6. The van der Waals surface area contributed by atoms with Crippen LogP contribution in [0.25, 0.3) is 0 Å². The van der Waals surface area contributed by atoms with Gasteiger partial charge in [-0.1, -0.05) is 42.5 Å². The number of nitro groups is 1. The van der Waals surface area contributed by atoms with Crippen molar-refractivity contribution in [1.29, 1.82) is 0 Å². The molecule has 7 heteroatoms. The average molecular weight is 359 g/mol. The minimum absolute atomic E-state index is 0.0449. The summed E-state index contributed by atoms with van der Waals surface area (Å²) in [5.74, 6) is 0. The summed E-state index contributed by atoms with van der Waals surface area (Å²) in [6.45, 7) is 0. The molecule has 0 aromatic heterocycles. The van der Waals surface area contributed by atoms with Crippen LogP contribution in [0.1, 0.15) is 11.1 Å². The van der Waals surface area contributed by atoms with Gasteiger partial charge in [-0.25, -0.2) is 0 Å². The van der Waals surface area contributed by atoms with Crippen molar-refractivity contribution >= 4 is 29.5 Å². The third kappa shape index (κ3) is 5.50. The average Bonchev–Trinajstić information content (AvgIpc) is 2.70. The van der Waals surface area contributed by atoms with E-state index in [1.165, 1.54) is 12.1 Å². The molecule has 3 aromatic carbocycles. The Bertz CT molecular complexity index is 936. The third-order valence-corrected chi connectivity index (χ3v) is 3.60. The zero-order valence-electron chi connectivity index (χ0n) is 14.3. The van der Waals surface area contributed by atoms with Gasteiger partial charge in [0.2, 0.25) is 0 Å². The Hall–Kier alpha value is -4.00. The number of rotatable bonds is 7. The predicted octanol–water partition coefficient (Wildman–Crippen LogP) is 4.49. The highest BCUT2D eigenvalue weighted by molar-refractivity contribution is 5.84. The summed E-state index contributed by atoms with van der Waals surface area (Å²) in [7, 11) is 0. The minimum atomic E-state index is -0.437. The first-order chi connectivity index (χ1) is 13.2. The van der Waals surface area contributed by atoms with Crippen LogP contribution >= 0.6 is 0 Å². The Kier molecular flexibility index (Phi) is 5.88. The van der Waals surface area contributed by atoms with Gasteiger partial charge in [-0.15, -0.1) is 0 Å². The first-order valence-electron chi connectivity index (χ1n) is 8.18. The summed E-state index contributed by atoms with van der Waals surface area (Å²) >= 11 is 0. The Morgan fingerprint density at radius 2 is 1.19 bits per heavy atom. The lowest BCUT2D eigenvalue weighted by molar-refractivity contribution is -0.384. The number of nitrogens with one attached hydrogen (secondary N) is 2. The molecule has 0 aliphatic rings. The molecule has 0 heterocycles. The number of non-ortho nitro benzene ring substituents is 1. The second-order valence-electron chi connectivity index (χ2n) is 5.58. The van der Waals surface area contributed by atoms with E-state index in [1.54, 1.807) is 24.6 Å². The molecular weight excluding hydrogens is 342 g/mol. The lowest BCUT2D eigenvalue weighted by Gasteiger charge is -2.00. The van der Waals surface area contributed by atoms with E-state index in [1.807, 2.05) is 54.6 Å². The summed E-state index contributed by atoms with van der Waals surface area (Å²) < 4.78 is 0. The zero-order valence-corrected chi connectivity index (χ0v) is 14.3. The molecular formula is C20H17N5O2. The standard InChI is InChI=1S/C20H17N5O2/c26-25(27)20-12-10-19(11-13-20)24-22-15-17-8-6-16(7-9-17)14-21-23-18-4-2-1-3-5-18/h1-15,23-24H/b21-14?,22-15+. The van der Waals surface area contributed by atoms with Crippen molar-refractivity contribution in [2.24, 2.45) is 10.2 Å². The van der Waals surface area contributed by atoms with Crippen LogP contribution in [0.5, 0.6) is 0 Å². The number of anilines is 2. The van der Waals surface area contributed by atoms with Gasteiger partial charge in [0.05, 0.1) is 28.7 Å². The Morgan fingerprint density at radius 3 is 1.67 bits per heavy atom. The van der Waals surface area contributed by atoms with Gasteiger partial charge in [-0.05, 0) is 35.4 Å². The SMILES string of the molecule is O=[N+]([O-])c1ccc(N/N=C/c2ccc(C=NNc3ccccc3)cc2)cc1. The lowest BCUT2D eigenvalue weighted by Crippen LogP contribution is -1.93. The van der Waals surface area contributed by atoms with E-state index in [0.717, 1.165) is 16.8 Å². The molecule has 0 spiro atoms. The fourth-order valence-electron chi connectivity index (χ4n) is 2.20. The number of hydrogen-bond acceptors (Lipinski definition) is 6. The molecule has 3 aromatic rings. The summed E-state index contributed by atoms with van der Waals surface area (Å²) in [5, 5.41) is 18.9. The molecule has 0 aliphatic carbocycles. The molecule has 0 aliphatic heterocycles. The number of hydrazone groups is 2. The van der Waals surface area contributed by atoms with Gasteiger partial charge in [0.15, 0.2) is 0 Å². The van der Waals surface area contributed by atoms with E-state index in [0.29, 0.717) is 5.69 Å². The van der Waals surface area contributed by atoms with E-state index < -0.39 is 4.92 Å². The number of hydrogen-bond donors (Lipinski definition) is 2. The maximum absolute atomic E-state index is 10.6. The molecule has 0 atom stereocenters. The van der Waals surface area contributed by atoms with E-state index >= 15 is 0 Å². The topological polar surface area (TPSA) is 91.9 Å². The third-order valence-electron chi connectivity index (χ3n) is 3.60. The predicted molar refractivity (Wildman–Crippen MR) is 108 cm³/mol. The second kappa shape index (κ2) is 8.91. The Balaban J connectivity index is 1.52. The van der Waals surface area contributed by atoms with Crippen LogP contribution in [0.15, 0.2) is 89.1 Å².